The molecule has 6 heteroatoms. The van der Waals surface area contributed by atoms with Gasteiger partial charge in [0.25, 0.3) is 0 Å². The Morgan fingerprint density at radius 3 is 3.05 bits per heavy atom. The summed E-state index contributed by atoms with van der Waals surface area (Å²) in [5, 5.41) is 1.29. The molecule has 0 radical (unpaired) electrons. The van der Waals surface area contributed by atoms with Gasteiger partial charge < -0.3 is 4.57 Å². The third-order valence-corrected chi connectivity index (χ3v) is 5.39. The Balaban J connectivity index is 1.95. The van der Waals surface area contributed by atoms with Gasteiger partial charge in [0.15, 0.2) is 5.65 Å². The van der Waals surface area contributed by atoms with Crippen LogP contribution in [0.2, 0.25) is 5.02 Å². The van der Waals surface area contributed by atoms with Crippen molar-refractivity contribution >= 4 is 46.1 Å². The van der Waals surface area contributed by atoms with Crippen molar-refractivity contribution in [3.05, 3.63) is 23.1 Å². The maximum atomic E-state index is 6.01. The van der Waals surface area contributed by atoms with E-state index >= 15 is 0 Å². The summed E-state index contributed by atoms with van der Waals surface area (Å²) >= 11 is 14.0. The smallest absolute Gasteiger partial charge is 0.160 e. The van der Waals surface area contributed by atoms with Crippen molar-refractivity contribution in [2.75, 3.05) is 11.6 Å². The second-order valence-electron chi connectivity index (χ2n) is 5.06. The van der Waals surface area contributed by atoms with E-state index in [2.05, 4.69) is 26.3 Å². The molecule has 1 fully saturated rings. The quantitative estimate of drug-likeness (QED) is 0.789. The van der Waals surface area contributed by atoms with Gasteiger partial charge in [-0.1, -0.05) is 18.0 Å². The van der Waals surface area contributed by atoms with E-state index in [1.165, 1.54) is 25.0 Å². The first-order valence-corrected chi connectivity index (χ1v) is 8.92. The molecule has 1 aliphatic rings. The van der Waals surface area contributed by atoms with Gasteiger partial charge in [0.05, 0.1) is 5.02 Å². The lowest BCUT2D eigenvalue weighted by molar-refractivity contribution is 0.575. The minimum atomic E-state index is 0.578. The molecule has 3 nitrogen and oxygen atoms in total. The first-order chi connectivity index (χ1) is 9.78. The van der Waals surface area contributed by atoms with Crippen molar-refractivity contribution in [2.24, 2.45) is 0 Å². The van der Waals surface area contributed by atoms with Crippen LogP contribution < -0.4 is 0 Å². The first kappa shape index (κ1) is 14.5. The molecular weight excluding hydrogens is 313 g/mol. The Morgan fingerprint density at radius 2 is 2.30 bits per heavy atom. The lowest BCUT2D eigenvalue weighted by Crippen LogP contribution is -2.19. The average molecular weight is 330 g/mol. The molecule has 3 heterocycles. The molecule has 0 spiro atoms. The van der Waals surface area contributed by atoms with Crippen LogP contribution in [0.3, 0.4) is 0 Å². The summed E-state index contributed by atoms with van der Waals surface area (Å²) in [7, 11) is 0. The van der Waals surface area contributed by atoms with E-state index in [1.54, 1.807) is 6.20 Å². The molecule has 0 amide bonds. The fourth-order valence-corrected chi connectivity index (χ4v) is 4.27. The van der Waals surface area contributed by atoms with Gasteiger partial charge in [-0.25, -0.2) is 9.97 Å². The van der Waals surface area contributed by atoms with Crippen LogP contribution in [0.4, 0.5) is 0 Å². The molecule has 2 aromatic heterocycles. The molecule has 2 aromatic rings. The third-order valence-electron chi connectivity index (χ3n) is 3.61. The number of pyridine rings is 1. The van der Waals surface area contributed by atoms with Gasteiger partial charge in [-0.15, -0.1) is 11.6 Å². The minimum Gasteiger partial charge on any atom is -0.312 e. The Morgan fingerprint density at radius 1 is 1.40 bits per heavy atom. The van der Waals surface area contributed by atoms with Crippen LogP contribution in [-0.2, 0) is 13.0 Å². The number of alkyl halides is 1. The van der Waals surface area contributed by atoms with Crippen LogP contribution in [0.5, 0.6) is 0 Å². The number of thioether (sulfide) groups is 1. The number of aromatic nitrogens is 3. The Bertz CT molecular complexity index is 593. The molecule has 0 saturated carbocycles. The zero-order chi connectivity index (χ0) is 13.9. The van der Waals surface area contributed by atoms with E-state index in [0.717, 1.165) is 30.0 Å². The molecule has 0 aromatic carbocycles. The van der Waals surface area contributed by atoms with Crippen molar-refractivity contribution in [3.63, 3.8) is 0 Å². The zero-order valence-corrected chi connectivity index (χ0v) is 13.5. The van der Waals surface area contributed by atoms with E-state index < -0.39 is 0 Å². The van der Waals surface area contributed by atoms with Gasteiger partial charge in [-0.3, -0.25) is 0 Å². The highest BCUT2D eigenvalue weighted by Crippen LogP contribution is 2.28. The van der Waals surface area contributed by atoms with E-state index in [0.29, 0.717) is 16.2 Å². The molecule has 108 valence electrons. The molecule has 3 rings (SSSR count). The van der Waals surface area contributed by atoms with Crippen LogP contribution in [0.25, 0.3) is 11.2 Å². The summed E-state index contributed by atoms with van der Waals surface area (Å²) in [4.78, 5) is 9.12. The van der Waals surface area contributed by atoms with E-state index in [9.17, 15) is 0 Å². The predicted octanol–water partition coefficient (Wildman–Crippen LogP) is 4.15. The van der Waals surface area contributed by atoms with Gasteiger partial charge in [-0.05, 0) is 24.7 Å². The van der Waals surface area contributed by atoms with Crippen LogP contribution in [0.15, 0.2) is 12.3 Å². The van der Waals surface area contributed by atoms with Crippen LogP contribution in [-0.4, -0.2) is 31.4 Å². The van der Waals surface area contributed by atoms with Gasteiger partial charge >= 0.3 is 0 Å². The third kappa shape index (κ3) is 3.07. The number of hydrogen-bond donors (Lipinski definition) is 0. The normalized spacial score (nSPS) is 19.6. The number of aryl methyl sites for hydroxylation is 1. The number of halogens is 2. The predicted molar refractivity (Wildman–Crippen MR) is 87.1 cm³/mol. The van der Waals surface area contributed by atoms with Crippen molar-refractivity contribution in [1.82, 2.24) is 14.5 Å². The number of rotatable bonds is 4. The van der Waals surface area contributed by atoms with Crippen LogP contribution in [0, 0.1) is 0 Å². The standard InChI is InChI=1S/C14H17Cl2N3S/c15-5-4-13-18-12-7-10(16)8-17-14(12)19(13)9-11-3-1-2-6-20-11/h7-8,11H,1-6,9H2. The lowest BCUT2D eigenvalue weighted by atomic mass is 10.2. The molecule has 0 aliphatic carbocycles. The second-order valence-corrected chi connectivity index (χ2v) is 7.29. The summed E-state index contributed by atoms with van der Waals surface area (Å²) in [6.45, 7) is 0.974. The van der Waals surface area contributed by atoms with E-state index in [1.807, 2.05) is 6.07 Å². The lowest BCUT2D eigenvalue weighted by Gasteiger charge is -2.22. The summed E-state index contributed by atoms with van der Waals surface area (Å²) in [5.74, 6) is 2.87. The van der Waals surface area contributed by atoms with Crippen LogP contribution in [0.1, 0.15) is 25.1 Å². The summed E-state index contributed by atoms with van der Waals surface area (Å²) in [6.07, 6.45) is 6.41. The van der Waals surface area contributed by atoms with Crippen molar-refractivity contribution < 1.29 is 0 Å². The molecule has 1 saturated heterocycles. The highest BCUT2D eigenvalue weighted by molar-refractivity contribution is 7.99. The highest BCUT2D eigenvalue weighted by Gasteiger charge is 2.19. The molecule has 1 unspecified atom stereocenters. The molecule has 0 N–H and O–H groups in total. The first-order valence-electron chi connectivity index (χ1n) is 6.96. The second kappa shape index (κ2) is 6.54. The topological polar surface area (TPSA) is 30.7 Å². The molecular formula is C14H17Cl2N3S. The molecule has 0 bridgehead atoms. The maximum absolute atomic E-state index is 6.01. The fourth-order valence-electron chi connectivity index (χ4n) is 2.66. The molecule has 1 atom stereocenters. The Kier molecular flexibility index (Phi) is 4.74. The minimum absolute atomic E-state index is 0.578. The monoisotopic (exact) mass is 329 g/mol. The van der Waals surface area contributed by atoms with Crippen LogP contribution >= 0.6 is 35.0 Å². The van der Waals surface area contributed by atoms with Gasteiger partial charge in [0, 0.05) is 30.3 Å². The summed E-state index contributed by atoms with van der Waals surface area (Å²) < 4.78 is 2.23. The van der Waals surface area contributed by atoms with Crippen molar-refractivity contribution in [2.45, 2.75) is 37.5 Å². The van der Waals surface area contributed by atoms with E-state index in [-0.39, 0.29) is 0 Å². The van der Waals surface area contributed by atoms with Gasteiger partial charge in [0.1, 0.15) is 11.3 Å². The largest absolute Gasteiger partial charge is 0.312 e. The van der Waals surface area contributed by atoms with Gasteiger partial charge in [-0.2, -0.15) is 11.8 Å². The van der Waals surface area contributed by atoms with Gasteiger partial charge in [0.2, 0.25) is 0 Å². The number of nitrogens with zero attached hydrogens (tertiary/aromatic N) is 3. The number of fused-ring (bicyclic) bond motifs is 1. The zero-order valence-electron chi connectivity index (χ0n) is 11.2. The fraction of sp³-hybridized carbons (Fsp3) is 0.571. The number of imidazole rings is 1. The summed E-state index contributed by atoms with van der Waals surface area (Å²) in [5.41, 5.74) is 1.80. The van der Waals surface area contributed by atoms with E-state index in [4.69, 9.17) is 23.2 Å². The molecule has 1 aliphatic heterocycles. The van der Waals surface area contributed by atoms with Crippen molar-refractivity contribution in [1.29, 1.82) is 0 Å². The summed E-state index contributed by atoms with van der Waals surface area (Å²) in [6, 6.07) is 1.88. The van der Waals surface area contributed by atoms with Crippen molar-refractivity contribution in [3.8, 4) is 0 Å². The maximum Gasteiger partial charge on any atom is 0.160 e. The SMILES string of the molecule is ClCCc1nc2cc(Cl)cnc2n1CC1CCCCS1. The molecule has 20 heavy (non-hydrogen) atoms. The average Bonchev–Trinajstić information content (AvgIpc) is 2.77. The Labute approximate surface area is 133 Å². The highest BCUT2D eigenvalue weighted by atomic mass is 35.5. The number of hydrogen-bond acceptors (Lipinski definition) is 3. The Hall–Kier alpha value is -0.450.